The number of aromatic nitrogens is 2. The minimum Gasteiger partial charge on any atom is -0.366 e. The highest BCUT2D eigenvalue weighted by Crippen LogP contribution is 2.15. The Labute approximate surface area is 114 Å². The van der Waals surface area contributed by atoms with Gasteiger partial charge in [0, 0.05) is 12.7 Å². The standard InChI is InChI=1S/C15H20N4/c1-11(2)13-5-3-12(4-6-13)10-18-14-7-8-17-15(9-16)19-14/h3-8,11H,9-10,16H2,1-2H3,(H,17,18,19). The molecule has 2 aromatic rings. The molecule has 2 rings (SSSR count). The van der Waals surface area contributed by atoms with Crippen LogP contribution in [0.15, 0.2) is 36.5 Å². The minimum atomic E-state index is 0.360. The van der Waals surface area contributed by atoms with Crippen LogP contribution in [0.2, 0.25) is 0 Å². The van der Waals surface area contributed by atoms with Crippen LogP contribution in [0, 0.1) is 0 Å². The fraction of sp³-hybridized carbons (Fsp3) is 0.333. The molecule has 0 aliphatic heterocycles. The molecule has 0 aliphatic carbocycles. The van der Waals surface area contributed by atoms with Gasteiger partial charge in [0.2, 0.25) is 0 Å². The molecule has 0 amide bonds. The number of nitrogens with zero attached hydrogens (tertiary/aromatic N) is 2. The molecule has 19 heavy (non-hydrogen) atoms. The molecule has 0 saturated heterocycles. The molecule has 1 heterocycles. The Bertz CT molecular complexity index is 520. The van der Waals surface area contributed by atoms with Crippen molar-refractivity contribution in [1.82, 2.24) is 9.97 Å². The molecule has 0 saturated carbocycles. The van der Waals surface area contributed by atoms with Gasteiger partial charge in [-0.25, -0.2) is 9.97 Å². The summed E-state index contributed by atoms with van der Waals surface area (Å²) in [6.45, 7) is 5.50. The zero-order chi connectivity index (χ0) is 13.7. The topological polar surface area (TPSA) is 63.8 Å². The van der Waals surface area contributed by atoms with E-state index in [0.717, 1.165) is 12.4 Å². The van der Waals surface area contributed by atoms with Crippen LogP contribution in [0.5, 0.6) is 0 Å². The van der Waals surface area contributed by atoms with Gasteiger partial charge in [-0.2, -0.15) is 0 Å². The van der Waals surface area contributed by atoms with E-state index in [-0.39, 0.29) is 0 Å². The van der Waals surface area contributed by atoms with E-state index >= 15 is 0 Å². The van der Waals surface area contributed by atoms with Crippen molar-refractivity contribution in [2.75, 3.05) is 5.32 Å². The Hall–Kier alpha value is -1.94. The number of hydrogen-bond acceptors (Lipinski definition) is 4. The summed E-state index contributed by atoms with van der Waals surface area (Å²) in [6.07, 6.45) is 1.72. The van der Waals surface area contributed by atoms with E-state index < -0.39 is 0 Å². The second-order valence-electron chi connectivity index (χ2n) is 4.81. The molecule has 0 bridgehead atoms. The van der Waals surface area contributed by atoms with Crippen molar-refractivity contribution in [1.29, 1.82) is 0 Å². The lowest BCUT2D eigenvalue weighted by molar-refractivity contribution is 0.864. The van der Waals surface area contributed by atoms with Gasteiger partial charge in [0.1, 0.15) is 11.6 Å². The van der Waals surface area contributed by atoms with E-state index in [4.69, 9.17) is 5.73 Å². The SMILES string of the molecule is CC(C)c1ccc(CNc2ccnc(CN)n2)cc1. The molecule has 0 radical (unpaired) electrons. The Kier molecular flexibility index (Phi) is 4.47. The predicted octanol–water partition coefficient (Wildman–Crippen LogP) is 2.67. The van der Waals surface area contributed by atoms with Gasteiger partial charge in [-0.15, -0.1) is 0 Å². The van der Waals surface area contributed by atoms with E-state index in [0.29, 0.717) is 18.3 Å². The summed E-state index contributed by atoms with van der Waals surface area (Å²) in [6, 6.07) is 10.5. The van der Waals surface area contributed by atoms with Crippen molar-refractivity contribution in [2.24, 2.45) is 5.73 Å². The molecular weight excluding hydrogens is 236 g/mol. The molecule has 0 aliphatic rings. The number of hydrogen-bond donors (Lipinski definition) is 2. The summed E-state index contributed by atoms with van der Waals surface area (Å²) >= 11 is 0. The van der Waals surface area contributed by atoms with Crippen LogP contribution < -0.4 is 11.1 Å². The van der Waals surface area contributed by atoms with Crippen LogP contribution >= 0.6 is 0 Å². The molecule has 1 aromatic heterocycles. The van der Waals surface area contributed by atoms with Crippen LogP contribution in [0.1, 0.15) is 36.7 Å². The first kappa shape index (κ1) is 13.5. The van der Waals surface area contributed by atoms with E-state index in [1.807, 2.05) is 6.07 Å². The van der Waals surface area contributed by atoms with Gasteiger partial charge in [-0.05, 0) is 23.1 Å². The van der Waals surface area contributed by atoms with Crippen molar-refractivity contribution >= 4 is 5.82 Å². The van der Waals surface area contributed by atoms with Crippen LogP contribution in [-0.4, -0.2) is 9.97 Å². The maximum atomic E-state index is 5.52. The second kappa shape index (κ2) is 6.29. The minimum absolute atomic E-state index is 0.360. The summed E-state index contributed by atoms with van der Waals surface area (Å²) in [5.41, 5.74) is 8.11. The monoisotopic (exact) mass is 256 g/mol. The van der Waals surface area contributed by atoms with E-state index in [2.05, 4.69) is 53.4 Å². The third-order valence-corrected chi connectivity index (χ3v) is 3.01. The highest BCUT2D eigenvalue weighted by atomic mass is 15.0. The Morgan fingerprint density at radius 1 is 1.16 bits per heavy atom. The fourth-order valence-corrected chi connectivity index (χ4v) is 1.81. The lowest BCUT2D eigenvalue weighted by atomic mass is 10.0. The Morgan fingerprint density at radius 3 is 2.53 bits per heavy atom. The number of nitrogens with two attached hydrogens (primary N) is 1. The van der Waals surface area contributed by atoms with E-state index in [1.165, 1.54) is 11.1 Å². The number of rotatable bonds is 5. The molecule has 1 aromatic carbocycles. The average molecular weight is 256 g/mol. The zero-order valence-electron chi connectivity index (χ0n) is 11.4. The largest absolute Gasteiger partial charge is 0.366 e. The predicted molar refractivity (Wildman–Crippen MR) is 77.8 cm³/mol. The van der Waals surface area contributed by atoms with Gasteiger partial charge in [-0.3, -0.25) is 0 Å². The van der Waals surface area contributed by atoms with Gasteiger partial charge >= 0.3 is 0 Å². The number of benzene rings is 1. The molecule has 3 N–H and O–H groups in total. The lowest BCUT2D eigenvalue weighted by Crippen LogP contribution is -2.07. The summed E-state index contributed by atoms with van der Waals surface area (Å²) in [5.74, 6) is 2.03. The van der Waals surface area contributed by atoms with Crippen LogP contribution in [0.3, 0.4) is 0 Å². The van der Waals surface area contributed by atoms with Crippen LogP contribution in [0.4, 0.5) is 5.82 Å². The zero-order valence-corrected chi connectivity index (χ0v) is 11.4. The highest BCUT2D eigenvalue weighted by molar-refractivity contribution is 5.35. The third-order valence-electron chi connectivity index (χ3n) is 3.01. The first-order valence-corrected chi connectivity index (χ1v) is 6.53. The van der Waals surface area contributed by atoms with Gasteiger partial charge in [0.05, 0.1) is 6.54 Å². The van der Waals surface area contributed by atoms with Crippen LogP contribution in [0.25, 0.3) is 0 Å². The molecule has 100 valence electrons. The fourth-order valence-electron chi connectivity index (χ4n) is 1.81. The maximum Gasteiger partial charge on any atom is 0.144 e. The summed E-state index contributed by atoms with van der Waals surface area (Å²) in [4.78, 5) is 8.37. The van der Waals surface area contributed by atoms with Gasteiger partial charge < -0.3 is 11.1 Å². The average Bonchev–Trinajstić information content (AvgIpc) is 2.46. The molecular formula is C15H20N4. The number of anilines is 1. The highest BCUT2D eigenvalue weighted by Gasteiger charge is 2.00. The van der Waals surface area contributed by atoms with Crippen molar-refractivity contribution < 1.29 is 0 Å². The summed E-state index contributed by atoms with van der Waals surface area (Å²) in [5, 5.41) is 3.28. The number of nitrogens with one attached hydrogen (secondary N) is 1. The smallest absolute Gasteiger partial charge is 0.144 e. The molecule has 4 nitrogen and oxygen atoms in total. The van der Waals surface area contributed by atoms with Crippen molar-refractivity contribution in [3.63, 3.8) is 0 Å². The second-order valence-corrected chi connectivity index (χ2v) is 4.81. The first-order valence-electron chi connectivity index (χ1n) is 6.53. The lowest BCUT2D eigenvalue weighted by Gasteiger charge is -2.09. The quantitative estimate of drug-likeness (QED) is 0.863. The van der Waals surface area contributed by atoms with Gasteiger partial charge in [0.25, 0.3) is 0 Å². The van der Waals surface area contributed by atoms with Crippen molar-refractivity contribution in [2.45, 2.75) is 32.9 Å². The van der Waals surface area contributed by atoms with E-state index in [9.17, 15) is 0 Å². The Morgan fingerprint density at radius 2 is 1.89 bits per heavy atom. The van der Waals surface area contributed by atoms with Crippen molar-refractivity contribution in [3.8, 4) is 0 Å². The van der Waals surface area contributed by atoms with Gasteiger partial charge in [0.15, 0.2) is 0 Å². The summed E-state index contributed by atoms with van der Waals surface area (Å²) in [7, 11) is 0. The van der Waals surface area contributed by atoms with Gasteiger partial charge in [-0.1, -0.05) is 38.1 Å². The molecule has 0 atom stereocenters. The van der Waals surface area contributed by atoms with Crippen molar-refractivity contribution in [3.05, 3.63) is 53.5 Å². The molecule has 0 unspecified atom stereocenters. The summed E-state index contributed by atoms with van der Waals surface area (Å²) < 4.78 is 0. The third kappa shape index (κ3) is 3.76. The maximum absolute atomic E-state index is 5.52. The normalized spacial score (nSPS) is 10.7. The Balaban J connectivity index is 1.98. The molecule has 4 heteroatoms. The van der Waals surface area contributed by atoms with E-state index in [1.54, 1.807) is 6.20 Å². The molecule has 0 fully saturated rings. The van der Waals surface area contributed by atoms with Crippen LogP contribution in [-0.2, 0) is 13.1 Å². The first-order chi connectivity index (χ1) is 9.19. The molecule has 0 spiro atoms.